The van der Waals surface area contributed by atoms with Crippen molar-refractivity contribution in [3.63, 3.8) is 0 Å². The summed E-state index contributed by atoms with van der Waals surface area (Å²) >= 11 is 5.98. The Kier molecular flexibility index (Phi) is 7.99. The lowest BCUT2D eigenvalue weighted by molar-refractivity contribution is -0.274. The third-order valence-electron chi connectivity index (χ3n) is 6.75. The van der Waals surface area contributed by atoms with Crippen LogP contribution in [0.25, 0.3) is 0 Å². The van der Waals surface area contributed by atoms with E-state index in [1.165, 1.54) is 24.3 Å². The number of carboxylic acids is 1. The molecule has 0 bridgehead atoms. The monoisotopic (exact) mass is 529 g/mol. The van der Waals surface area contributed by atoms with Crippen LogP contribution in [0.3, 0.4) is 0 Å². The van der Waals surface area contributed by atoms with Gasteiger partial charge in [0, 0.05) is 23.7 Å². The van der Waals surface area contributed by atoms with Crippen molar-refractivity contribution in [2.75, 3.05) is 7.05 Å². The highest BCUT2D eigenvalue weighted by atomic mass is 35.5. The first-order valence-electron chi connectivity index (χ1n) is 12.0. The van der Waals surface area contributed by atoms with E-state index in [2.05, 4.69) is 9.64 Å². The van der Waals surface area contributed by atoms with Crippen molar-refractivity contribution in [1.82, 2.24) is 4.90 Å². The minimum Gasteiger partial charge on any atom is -0.490 e. The molecule has 2 fully saturated rings. The van der Waals surface area contributed by atoms with Crippen molar-refractivity contribution in [1.29, 1.82) is 0 Å². The Morgan fingerprint density at radius 1 is 1.08 bits per heavy atom. The fourth-order valence-electron chi connectivity index (χ4n) is 4.89. The van der Waals surface area contributed by atoms with Crippen LogP contribution in [0.5, 0.6) is 11.5 Å². The van der Waals surface area contributed by atoms with Crippen LogP contribution in [0.2, 0.25) is 5.02 Å². The van der Waals surface area contributed by atoms with Crippen LogP contribution in [0.4, 0.5) is 17.6 Å². The van der Waals surface area contributed by atoms with E-state index in [4.69, 9.17) is 16.3 Å². The maximum absolute atomic E-state index is 14.5. The smallest absolute Gasteiger partial charge is 0.490 e. The van der Waals surface area contributed by atoms with Crippen LogP contribution < -0.4 is 9.47 Å². The quantitative estimate of drug-likeness (QED) is 0.290. The first-order valence-corrected chi connectivity index (χ1v) is 12.3. The predicted octanol–water partition coefficient (Wildman–Crippen LogP) is 7.17. The van der Waals surface area contributed by atoms with Crippen LogP contribution >= 0.6 is 11.6 Å². The number of nitrogens with zero attached hydrogens (tertiary/aromatic N) is 1. The van der Waals surface area contributed by atoms with Gasteiger partial charge >= 0.3 is 12.3 Å². The number of carbonyl (C=O) groups is 1. The average Bonchev–Trinajstić information content (AvgIpc) is 3.59. The van der Waals surface area contributed by atoms with Gasteiger partial charge in [-0.15, -0.1) is 13.2 Å². The number of alkyl halides is 3. The van der Waals surface area contributed by atoms with Gasteiger partial charge in [0.05, 0.1) is 5.56 Å². The molecule has 196 valence electrons. The molecule has 36 heavy (non-hydrogen) atoms. The summed E-state index contributed by atoms with van der Waals surface area (Å²) < 4.78 is 62.4. The molecule has 0 heterocycles. The number of halogens is 5. The number of aromatic carboxylic acids is 1. The highest BCUT2D eigenvalue weighted by Crippen LogP contribution is 2.43. The van der Waals surface area contributed by atoms with Gasteiger partial charge < -0.3 is 14.6 Å². The van der Waals surface area contributed by atoms with E-state index in [0.717, 1.165) is 55.7 Å². The molecule has 0 radical (unpaired) electrons. The van der Waals surface area contributed by atoms with Gasteiger partial charge in [0.2, 0.25) is 0 Å². The number of ether oxygens (including phenoxy) is 2. The summed E-state index contributed by atoms with van der Waals surface area (Å²) in [6.07, 6.45) is 0.953. The maximum Gasteiger partial charge on any atom is 0.573 e. The minimum absolute atomic E-state index is 0.0773. The van der Waals surface area contributed by atoms with Gasteiger partial charge in [0.15, 0.2) is 0 Å². The van der Waals surface area contributed by atoms with E-state index in [0.29, 0.717) is 13.0 Å². The minimum atomic E-state index is -4.83. The Morgan fingerprint density at radius 2 is 1.78 bits per heavy atom. The molecule has 10 heteroatoms. The summed E-state index contributed by atoms with van der Waals surface area (Å²) in [5, 5.41) is 9.38. The molecule has 2 aliphatic rings. The molecule has 2 atom stereocenters. The van der Waals surface area contributed by atoms with E-state index in [1.807, 2.05) is 7.05 Å². The summed E-state index contributed by atoms with van der Waals surface area (Å²) in [6, 6.07) is 6.62. The molecule has 0 spiro atoms. The summed E-state index contributed by atoms with van der Waals surface area (Å²) in [4.78, 5) is 13.5. The van der Waals surface area contributed by atoms with Gasteiger partial charge in [0.25, 0.3) is 0 Å². The zero-order valence-corrected chi connectivity index (χ0v) is 20.5. The van der Waals surface area contributed by atoms with Gasteiger partial charge in [-0.1, -0.05) is 18.0 Å². The standard InChI is InChI=1S/C26H28ClF4NO4/c1-32(14-16-8-24(28)23(25(33)34)13-22(16)15-6-7-15)18-4-2-3-5-19(11-18)35-20-9-17(27)10-21(12-20)36-26(29,30)31/h8-10,12-13,15,18-19H,2-7,11,14H2,1H3,(H,33,34)/t18-,19-/m0/s1. The van der Waals surface area contributed by atoms with Crippen molar-refractivity contribution in [2.24, 2.45) is 0 Å². The Labute approximate surface area is 211 Å². The molecule has 0 saturated heterocycles. The molecule has 2 aromatic rings. The Morgan fingerprint density at radius 3 is 2.44 bits per heavy atom. The first kappa shape index (κ1) is 26.5. The molecule has 0 amide bonds. The van der Waals surface area contributed by atoms with Gasteiger partial charge in [-0.25, -0.2) is 9.18 Å². The second kappa shape index (κ2) is 10.8. The lowest BCUT2D eigenvalue weighted by Gasteiger charge is -2.30. The van der Waals surface area contributed by atoms with Gasteiger partial charge in [0.1, 0.15) is 23.4 Å². The topological polar surface area (TPSA) is 59.0 Å². The molecule has 0 aromatic heterocycles. The zero-order valence-electron chi connectivity index (χ0n) is 19.8. The molecule has 0 unspecified atom stereocenters. The van der Waals surface area contributed by atoms with E-state index in [1.54, 1.807) is 0 Å². The molecule has 5 nitrogen and oxygen atoms in total. The second-order valence-electron chi connectivity index (χ2n) is 9.61. The highest BCUT2D eigenvalue weighted by molar-refractivity contribution is 6.30. The molecule has 2 saturated carbocycles. The van der Waals surface area contributed by atoms with Crippen molar-refractivity contribution in [2.45, 2.75) is 75.9 Å². The van der Waals surface area contributed by atoms with Crippen LogP contribution in [0.1, 0.15) is 72.3 Å². The Bertz CT molecular complexity index is 1110. The summed E-state index contributed by atoms with van der Waals surface area (Å²) in [7, 11) is 1.95. The van der Waals surface area contributed by atoms with E-state index in [9.17, 15) is 27.5 Å². The van der Waals surface area contributed by atoms with Gasteiger partial charge in [-0.2, -0.15) is 0 Å². The van der Waals surface area contributed by atoms with E-state index in [-0.39, 0.29) is 34.4 Å². The van der Waals surface area contributed by atoms with Crippen LogP contribution in [-0.2, 0) is 6.54 Å². The zero-order chi connectivity index (χ0) is 26.0. The number of benzene rings is 2. The summed E-state index contributed by atoms with van der Waals surface area (Å²) in [5.74, 6) is -1.99. The van der Waals surface area contributed by atoms with Crippen molar-refractivity contribution in [3.05, 3.63) is 57.9 Å². The van der Waals surface area contributed by atoms with Crippen molar-refractivity contribution < 1.29 is 36.9 Å². The van der Waals surface area contributed by atoms with E-state index >= 15 is 0 Å². The first-order chi connectivity index (χ1) is 17.0. The maximum atomic E-state index is 14.5. The molecule has 1 N–H and O–H groups in total. The number of carboxylic acid groups (broad SMARTS) is 1. The lowest BCUT2D eigenvalue weighted by atomic mass is 9.98. The molecular formula is C26H28ClF4NO4. The molecule has 2 aromatic carbocycles. The van der Waals surface area contributed by atoms with Crippen LogP contribution in [-0.4, -0.2) is 41.5 Å². The number of hydrogen-bond donors (Lipinski definition) is 1. The fraction of sp³-hybridized carbons (Fsp3) is 0.500. The average molecular weight is 530 g/mol. The largest absolute Gasteiger partial charge is 0.573 e. The van der Waals surface area contributed by atoms with Gasteiger partial charge in [-0.05, 0) is 86.9 Å². The lowest BCUT2D eigenvalue weighted by Crippen LogP contribution is -2.35. The molecule has 0 aliphatic heterocycles. The van der Waals surface area contributed by atoms with Crippen molar-refractivity contribution in [3.8, 4) is 11.5 Å². The molecule has 2 aliphatic carbocycles. The van der Waals surface area contributed by atoms with E-state index < -0.39 is 23.9 Å². The normalized spacial score (nSPS) is 20.8. The fourth-order valence-corrected chi connectivity index (χ4v) is 5.11. The van der Waals surface area contributed by atoms with Crippen LogP contribution in [0.15, 0.2) is 30.3 Å². The summed E-state index contributed by atoms with van der Waals surface area (Å²) in [5.41, 5.74) is 1.37. The molecular weight excluding hydrogens is 502 g/mol. The predicted molar refractivity (Wildman–Crippen MR) is 126 cm³/mol. The van der Waals surface area contributed by atoms with Crippen LogP contribution in [0, 0.1) is 5.82 Å². The molecule has 4 rings (SSSR count). The number of rotatable bonds is 8. The van der Waals surface area contributed by atoms with Gasteiger partial charge in [-0.3, -0.25) is 4.90 Å². The highest BCUT2D eigenvalue weighted by Gasteiger charge is 2.32. The Balaban J connectivity index is 1.47. The second-order valence-corrected chi connectivity index (χ2v) is 10.0. The Hall–Kier alpha value is -2.52. The summed E-state index contributed by atoms with van der Waals surface area (Å²) in [6.45, 7) is 0.459. The third-order valence-corrected chi connectivity index (χ3v) is 6.97. The SMILES string of the molecule is CN(Cc1cc(F)c(C(=O)O)cc1C1CC1)[C@H]1CCCC[C@H](Oc2cc(Cl)cc(OC(F)(F)F)c2)C1. The van der Waals surface area contributed by atoms with Crippen molar-refractivity contribution >= 4 is 17.6 Å². The number of hydrogen-bond acceptors (Lipinski definition) is 4. The third kappa shape index (κ3) is 7.03.